The van der Waals surface area contributed by atoms with Gasteiger partial charge < -0.3 is 19.5 Å². The smallest absolute Gasteiger partial charge is 0.254 e. The molecule has 0 fully saturated rings. The molecule has 0 aliphatic rings. The molecule has 6 nitrogen and oxygen atoms in total. The summed E-state index contributed by atoms with van der Waals surface area (Å²) in [6.07, 6.45) is 3.35. The quantitative estimate of drug-likeness (QED) is 0.232. The van der Waals surface area contributed by atoms with E-state index in [1.807, 2.05) is 84.8 Å². The van der Waals surface area contributed by atoms with Crippen molar-refractivity contribution in [2.24, 2.45) is 0 Å². The number of aromatic nitrogens is 1. The third kappa shape index (κ3) is 7.03. The second-order valence-corrected chi connectivity index (χ2v) is 9.88. The summed E-state index contributed by atoms with van der Waals surface area (Å²) in [5.41, 5.74) is 4.71. The van der Waals surface area contributed by atoms with E-state index in [9.17, 15) is 9.59 Å². The monoisotopic (exact) mass is 531 g/mol. The topological polar surface area (TPSA) is 65.6 Å². The van der Waals surface area contributed by atoms with Gasteiger partial charge in [-0.3, -0.25) is 9.59 Å². The Labute approximate surface area is 229 Å². The van der Waals surface area contributed by atoms with Crippen LogP contribution in [-0.2, 0) is 22.5 Å². The standard InChI is InChI=1S/C31H34ClN3O3/c1-23-8-3-4-9-27(23)31(37)35(17-7-19-38-2)22-30(36)34(21-24-12-14-26(32)15-13-24)18-16-25-20-33-29-11-6-5-10-28(25)29/h3-6,8-15,20,33H,7,16-19,21-22H2,1-2H3. The van der Waals surface area contributed by atoms with Crippen LogP contribution in [0.3, 0.4) is 0 Å². The molecule has 0 spiro atoms. The van der Waals surface area contributed by atoms with E-state index in [0.29, 0.717) is 49.7 Å². The molecule has 0 bridgehead atoms. The van der Waals surface area contributed by atoms with Crippen LogP contribution in [0.5, 0.6) is 0 Å². The molecule has 1 N–H and O–H groups in total. The number of ether oxygens (including phenoxy) is 1. The van der Waals surface area contributed by atoms with Crippen molar-refractivity contribution in [2.75, 3.05) is 33.4 Å². The number of carbonyl (C=O) groups excluding carboxylic acids is 2. The van der Waals surface area contributed by atoms with Crippen LogP contribution in [0.25, 0.3) is 10.9 Å². The zero-order valence-electron chi connectivity index (χ0n) is 22.0. The summed E-state index contributed by atoms with van der Waals surface area (Å²) in [6.45, 7) is 3.82. The van der Waals surface area contributed by atoms with Gasteiger partial charge in [0.15, 0.2) is 0 Å². The van der Waals surface area contributed by atoms with Crippen molar-refractivity contribution in [3.63, 3.8) is 0 Å². The summed E-state index contributed by atoms with van der Waals surface area (Å²) in [5, 5.41) is 1.81. The third-order valence-electron chi connectivity index (χ3n) is 6.73. The lowest BCUT2D eigenvalue weighted by atomic mass is 10.1. The number of nitrogens with one attached hydrogen (secondary N) is 1. The third-order valence-corrected chi connectivity index (χ3v) is 6.98. The van der Waals surface area contributed by atoms with Gasteiger partial charge in [0.1, 0.15) is 6.54 Å². The molecule has 2 amide bonds. The number of benzene rings is 3. The summed E-state index contributed by atoms with van der Waals surface area (Å²) >= 11 is 6.09. The van der Waals surface area contributed by atoms with Crippen LogP contribution in [0.4, 0.5) is 0 Å². The van der Waals surface area contributed by atoms with Crippen LogP contribution < -0.4 is 0 Å². The van der Waals surface area contributed by atoms with Gasteiger partial charge in [-0.25, -0.2) is 0 Å². The SMILES string of the molecule is COCCCN(CC(=O)N(CCc1c[nH]c2ccccc12)Cc1ccc(Cl)cc1)C(=O)c1ccccc1C. The summed E-state index contributed by atoms with van der Waals surface area (Å²) in [5.74, 6) is -0.241. The van der Waals surface area contributed by atoms with Crippen LogP contribution >= 0.6 is 11.6 Å². The first kappa shape index (κ1) is 27.4. The molecule has 0 atom stereocenters. The van der Waals surface area contributed by atoms with E-state index in [2.05, 4.69) is 11.1 Å². The highest BCUT2D eigenvalue weighted by Crippen LogP contribution is 2.20. The van der Waals surface area contributed by atoms with Gasteiger partial charge in [0.2, 0.25) is 5.91 Å². The molecule has 4 rings (SSSR count). The number of fused-ring (bicyclic) bond motifs is 1. The first-order valence-corrected chi connectivity index (χ1v) is 13.2. The number of H-pyrrole nitrogens is 1. The van der Waals surface area contributed by atoms with Gasteiger partial charge in [-0.2, -0.15) is 0 Å². The van der Waals surface area contributed by atoms with Gasteiger partial charge in [-0.1, -0.05) is 60.1 Å². The second kappa shape index (κ2) is 13.3. The van der Waals surface area contributed by atoms with Gasteiger partial charge in [-0.15, -0.1) is 0 Å². The average Bonchev–Trinajstić information content (AvgIpc) is 3.34. The number of hydrogen-bond donors (Lipinski definition) is 1. The first-order chi connectivity index (χ1) is 18.5. The Morgan fingerprint density at radius 2 is 1.66 bits per heavy atom. The molecule has 198 valence electrons. The van der Waals surface area contributed by atoms with Crippen LogP contribution in [0.1, 0.15) is 33.5 Å². The first-order valence-electron chi connectivity index (χ1n) is 12.9. The van der Waals surface area contributed by atoms with Gasteiger partial charge in [0, 0.05) is 61.0 Å². The zero-order chi connectivity index (χ0) is 26.9. The number of halogens is 1. The Bertz CT molecular complexity index is 1370. The van der Waals surface area contributed by atoms with E-state index in [4.69, 9.17) is 16.3 Å². The summed E-state index contributed by atoms with van der Waals surface area (Å²) in [4.78, 5) is 34.1. The molecule has 0 saturated carbocycles. The number of hydrogen-bond acceptors (Lipinski definition) is 3. The molecular formula is C31H34ClN3O3. The highest BCUT2D eigenvalue weighted by atomic mass is 35.5. The average molecular weight is 532 g/mol. The fourth-order valence-corrected chi connectivity index (χ4v) is 4.72. The molecule has 38 heavy (non-hydrogen) atoms. The van der Waals surface area contributed by atoms with E-state index in [0.717, 1.165) is 27.6 Å². The maximum absolute atomic E-state index is 13.8. The number of para-hydroxylation sites is 1. The maximum atomic E-state index is 13.8. The minimum atomic E-state index is -0.143. The number of aryl methyl sites for hydroxylation is 1. The Hall–Kier alpha value is -3.61. The fourth-order valence-electron chi connectivity index (χ4n) is 4.59. The number of carbonyl (C=O) groups is 2. The van der Waals surface area contributed by atoms with Crippen molar-refractivity contribution in [3.05, 3.63) is 106 Å². The Balaban J connectivity index is 1.55. The van der Waals surface area contributed by atoms with Gasteiger partial charge >= 0.3 is 0 Å². The van der Waals surface area contributed by atoms with Crippen LogP contribution in [0.15, 0.2) is 79.0 Å². The molecule has 1 aromatic heterocycles. The Morgan fingerprint density at radius 1 is 0.921 bits per heavy atom. The molecule has 7 heteroatoms. The molecule has 0 radical (unpaired) electrons. The van der Waals surface area contributed by atoms with Crippen molar-refractivity contribution in [1.29, 1.82) is 0 Å². The lowest BCUT2D eigenvalue weighted by Crippen LogP contribution is -2.44. The normalized spacial score (nSPS) is 11.0. The van der Waals surface area contributed by atoms with Crippen molar-refractivity contribution < 1.29 is 14.3 Å². The molecule has 3 aromatic carbocycles. The van der Waals surface area contributed by atoms with Crippen molar-refractivity contribution in [3.8, 4) is 0 Å². The number of rotatable bonds is 12. The Kier molecular flexibility index (Phi) is 9.57. The minimum Gasteiger partial charge on any atom is -0.385 e. The number of aromatic amines is 1. The van der Waals surface area contributed by atoms with Crippen LogP contribution in [-0.4, -0.2) is 59.9 Å². The predicted molar refractivity (Wildman–Crippen MR) is 152 cm³/mol. The molecule has 0 saturated heterocycles. The highest BCUT2D eigenvalue weighted by molar-refractivity contribution is 6.30. The van der Waals surface area contributed by atoms with Crippen molar-refractivity contribution >= 4 is 34.3 Å². The summed E-state index contributed by atoms with van der Waals surface area (Å²) in [7, 11) is 1.64. The molecule has 0 aliphatic heterocycles. The lowest BCUT2D eigenvalue weighted by molar-refractivity contribution is -0.132. The molecule has 0 unspecified atom stereocenters. The van der Waals surface area contributed by atoms with E-state index < -0.39 is 0 Å². The molecule has 4 aromatic rings. The molecule has 1 heterocycles. The zero-order valence-corrected chi connectivity index (χ0v) is 22.7. The van der Waals surface area contributed by atoms with Crippen LogP contribution in [0.2, 0.25) is 5.02 Å². The lowest BCUT2D eigenvalue weighted by Gasteiger charge is -2.28. The highest BCUT2D eigenvalue weighted by Gasteiger charge is 2.23. The van der Waals surface area contributed by atoms with Gasteiger partial charge in [-0.05, 0) is 60.7 Å². The number of nitrogens with zero attached hydrogens (tertiary/aromatic N) is 2. The maximum Gasteiger partial charge on any atom is 0.254 e. The van der Waals surface area contributed by atoms with E-state index in [-0.39, 0.29) is 18.4 Å². The van der Waals surface area contributed by atoms with Crippen LogP contribution in [0, 0.1) is 6.92 Å². The van der Waals surface area contributed by atoms with Gasteiger partial charge in [0.05, 0.1) is 0 Å². The summed E-state index contributed by atoms with van der Waals surface area (Å²) in [6, 6.07) is 23.2. The van der Waals surface area contributed by atoms with E-state index in [1.165, 1.54) is 0 Å². The van der Waals surface area contributed by atoms with Crippen molar-refractivity contribution in [1.82, 2.24) is 14.8 Å². The number of methoxy groups -OCH3 is 1. The largest absolute Gasteiger partial charge is 0.385 e. The van der Waals surface area contributed by atoms with Crippen molar-refractivity contribution in [2.45, 2.75) is 26.3 Å². The fraction of sp³-hybridized carbons (Fsp3) is 0.290. The molecule has 0 aliphatic carbocycles. The minimum absolute atomic E-state index is 0.00163. The van der Waals surface area contributed by atoms with Gasteiger partial charge in [0.25, 0.3) is 5.91 Å². The molecular weight excluding hydrogens is 498 g/mol. The number of amides is 2. The summed E-state index contributed by atoms with van der Waals surface area (Å²) < 4.78 is 5.21. The Morgan fingerprint density at radius 3 is 2.42 bits per heavy atom. The second-order valence-electron chi connectivity index (χ2n) is 9.44. The van der Waals surface area contributed by atoms with E-state index >= 15 is 0 Å². The predicted octanol–water partition coefficient (Wildman–Crippen LogP) is 5.88. The van der Waals surface area contributed by atoms with E-state index in [1.54, 1.807) is 12.0 Å².